The summed E-state index contributed by atoms with van der Waals surface area (Å²) in [7, 11) is 0. The van der Waals surface area contributed by atoms with Crippen LogP contribution < -0.4 is 0 Å². The van der Waals surface area contributed by atoms with Gasteiger partial charge in [-0.05, 0) is 35.2 Å². The number of benzene rings is 3. The molecule has 26 heavy (non-hydrogen) atoms. The van der Waals surface area contributed by atoms with Crippen molar-refractivity contribution in [3.63, 3.8) is 0 Å². The van der Waals surface area contributed by atoms with Gasteiger partial charge in [0, 0.05) is 16.6 Å². The van der Waals surface area contributed by atoms with E-state index in [0.29, 0.717) is 0 Å². The van der Waals surface area contributed by atoms with E-state index in [0.717, 1.165) is 17.6 Å². The van der Waals surface area contributed by atoms with Crippen LogP contribution in [0, 0.1) is 17.3 Å². The van der Waals surface area contributed by atoms with Crippen molar-refractivity contribution in [3.05, 3.63) is 108 Å². The molecular weight excluding hydrogens is 312 g/mol. The molecule has 0 bridgehead atoms. The predicted octanol–water partition coefficient (Wildman–Crippen LogP) is 6.53. The Morgan fingerprint density at radius 3 is 1.92 bits per heavy atom. The second kappa shape index (κ2) is 7.89. The van der Waals surface area contributed by atoms with E-state index in [1.807, 2.05) is 36.4 Å². The lowest BCUT2D eigenvalue weighted by Crippen LogP contribution is -2.16. The lowest BCUT2D eigenvalue weighted by atomic mass is 9.79. The highest BCUT2D eigenvalue weighted by Gasteiger charge is 2.21. The average molecular weight is 336 g/mol. The zero-order chi connectivity index (χ0) is 18.4. The van der Waals surface area contributed by atoms with Crippen molar-refractivity contribution in [2.75, 3.05) is 0 Å². The van der Waals surface area contributed by atoms with Gasteiger partial charge in [-0.15, -0.1) is 0 Å². The normalized spacial score (nSPS) is 10.7. The largest absolute Gasteiger partial charge is 0.0868 e. The highest BCUT2D eigenvalue weighted by Crippen LogP contribution is 2.30. The Kier molecular flexibility index (Phi) is 5.40. The Balaban J connectivity index is 1.71. The van der Waals surface area contributed by atoms with Crippen molar-refractivity contribution < 1.29 is 0 Å². The average Bonchev–Trinajstić information content (AvgIpc) is 2.68. The third-order valence-corrected chi connectivity index (χ3v) is 4.66. The summed E-state index contributed by atoms with van der Waals surface area (Å²) < 4.78 is 0. The molecule has 0 fully saturated rings. The Hall–Kier alpha value is -3.04. The zero-order valence-electron chi connectivity index (χ0n) is 15.5. The molecule has 0 heteroatoms. The summed E-state index contributed by atoms with van der Waals surface area (Å²) >= 11 is 0. The van der Waals surface area contributed by atoms with Crippen LogP contribution in [0.4, 0.5) is 0 Å². The molecule has 3 aromatic carbocycles. The predicted molar refractivity (Wildman–Crippen MR) is 112 cm³/mol. The SMILES string of the molecule is C=C(C#Cc1ccccc1)C(C)(C)Cc1ccc(-c2ccccc2)cc1. The monoisotopic (exact) mass is 336 g/mol. The summed E-state index contributed by atoms with van der Waals surface area (Å²) in [4.78, 5) is 0. The van der Waals surface area contributed by atoms with E-state index in [-0.39, 0.29) is 5.41 Å². The van der Waals surface area contributed by atoms with E-state index >= 15 is 0 Å². The summed E-state index contributed by atoms with van der Waals surface area (Å²) in [5.41, 5.74) is 5.71. The molecule has 0 spiro atoms. The molecular formula is C26H24. The van der Waals surface area contributed by atoms with Crippen LogP contribution in [0.15, 0.2) is 97.1 Å². The molecule has 0 aliphatic rings. The maximum Gasteiger partial charge on any atom is 0.0248 e. The molecule has 0 saturated heterocycles. The second-order valence-corrected chi connectivity index (χ2v) is 7.22. The first-order valence-corrected chi connectivity index (χ1v) is 8.95. The molecule has 0 aromatic heterocycles. The van der Waals surface area contributed by atoms with Gasteiger partial charge in [-0.2, -0.15) is 0 Å². The van der Waals surface area contributed by atoms with E-state index in [4.69, 9.17) is 0 Å². The number of hydrogen-bond donors (Lipinski definition) is 0. The van der Waals surface area contributed by atoms with Crippen LogP contribution in [-0.4, -0.2) is 0 Å². The topological polar surface area (TPSA) is 0 Å². The second-order valence-electron chi connectivity index (χ2n) is 7.22. The molecule has 0 nitrogen and oxygen atoms in total. The Morgan fingerprint density at radius 2 is 1.31 bits per heavy atom. The molecule has 0 radical (unpaired) electrons. The van der Waals surface area contributed by atoms with Gasteiger partial charge in [0.25, 0.3) is 0 Å². The van der Waals surface area contributed by atoms with Gasteiger partial charge >= 0.3 is 0 Å². The molecule has 0 saturated carbocycles. The minimum Gasteiger partial charge on any atom is -0.0868 e. The lowest BCUT2D eigenvalue weighted by Gasteiger charge is -2.24. The molecule has 0 N–H and O–H groups in total. The highest BCUT2D eigenvalue weighted by atomic mass is 14.2. The van der Waals surface area contributed by atoms with Crippen LogP contribution in [0.2, 0.25) is 0 Å². The standard InChI is InChI=1S/C26H24/c1-21(14-15-22-10-6-4-7-11-22)26(2,3)20-23-16-18-25(19-17-23)24-12-8-5-9-13-24/h4-13,16-19H,1,20H2,2-3H3. The zero-order valence-corrected chi connectivity index (χ0v) is 15.5. The molecule has 0 amide bonds. The maximum atomic E-state index is 4.23. The summed E-state index contributed by atoms with van der Waals surface area (Å²) in [5.74, 6) is 6.47. The van der Waals surface area contributed by atoms with Crippen molar-refractivity contribution in [3.8, 4) is 23.0 Å². The molecule has 0 aliphatic carbocycles. The molecule has 0 aliphatic heterocycles. The van der Waals surface area contributed by atoms with E-state index in [1.165, 1.54) is 16.7 Å². The van der Waals surface area contributed by atoms with Crippen LogP contribution in [0.3, 0.4) is 0 Å². The van der Waals surface area contributed by atoms with Crippen LogP contribution in [0.5, 0.6) is 0 Å². The van der Waals surface area contributed by atoms with E-state index < -0.39 is 0 Å². The fourth-order valence-electron chi connectivity index (χ4n) is 2.90. The first kappa shape index (κ1) is 17.8. The molecule has 3 rings (SSSR count). The van der Waals surface area contributed by atoms with E-state index in [1.54, 1.807) is 0 Å². The minimum atomic E-state index is -0.0734. The van der Waals surface area contributed by atoms with Crippen molar-refractivity contribution in [2.45, 2.75) is 20.3 Å². The van der Waals surface area contributed by atoms with Gasteiger partial charge in [-0.25, -0.2) is 0 Å². The summed E-state index contributed by atoms with van der Waals surface area (Å²) in [5, 5.41) is 0. The van der Waals surface area contributed by atoms with Crippen LogP contribution in [0.25, 0.3) is 11.1 Å². The highest BCUT2D eigenvalue weighted by molar-refractivity contribution is 5.63. The number of allylic oxidation sites excluding steroid dienone is 1. The third kappa shape index (κ3) is 4.52. The summed E-state index contributed by atoms with van der Waals surface area (Å²) in [6, 6.07) is 29.3. The van der Waals surface area contributed by atoms with Gasteiger partial charge in [0.1, 0.15) is 0 Å². The first-order valence-electron chi connectivity index (χ1n) is 8.95. The molecule has 0 atom stereocenters. The third-order valence-electron chi connectivity index (χ3n) is 4.66. The van der Waals surface area contributed by atoms with Gasteiger partial charge in [-0.1, -0.05) is 105 Å². The van der Waals surface area contributed by atoms with Crippen molar-refractivity contribution in [2.24, 2.45) is 5.41 Å². The fraction of sp³-hybridized carbons (Fsp3) is 0.154. The van der Waals surface area contributed by atoms with Crippen molar-refractivity contribution >= 4 is 0 Å². The van der Waals surface area contributed by atoms with Crippen molar-refractivity contribution in [1.82, 2.24) is 0 Å². The molecule has 0 heterocycles. The number of hydrogen-bond acceptors (Lipinski definition) is 0. The Morgan fingerprint density at radius 1 is 0.769 bits per heavy atom. The number of rotatable bonds is 4. The quantitative estimate of drug-likeness (QED) is 0.475. The minimum absolute atomic E-state index is 0.0734. The Labute approximate surface area is 157 Å². The molecule has 128 valence electrons. The van der Waals surface area contributed by atoms with E-state index in [9.17, 15) is 0 Å². The van der Waals surface area contributed by atoms with Gasteiger partial charge < -0.3 is 0 Å². The van der Waals surface area contributed by atoms with Crippen molar-refractivity contribution in [1.29, 1.82) is 0 Å². The van der Waals surface area contributed by atoms with Gasteiger partial charge in [0.05, 0.1) is 0 Å². The van der Waals surface area contributed by atoms with Gasteiger partial charge in [0.15, 0.2) is 0 Å². The summed E-state index contributed by atoms with van der Waals surface area (Å²) in [6.45, 7) is 8.65. The van der Waals surface area contributed by atoms with Gasteiger partial charge in [0.2, 0.25) is 0 Å². The molecule has 3 aromatic rings. The Bertz CT molecular complexity index is 918. The molecule has 0 unspecified atom stereocenters. The van der Waals surface area contributed by atoms with Crippen LogP contribution in [0.1, 0.15) is 25.0 Å². The van der Waals surface area contributed by atoms with Crippen LogP contribution in [-0.2, 0) is 6.42 Å². The smallest absolute Gasteiger partial charge is 0.0248 e. The van der Waals surface area contributed by atoms with Gasteiger partial charge in [-0.3, -0.25) is 0 Å². The fourth-order valence-corrected chi connectivity index (χ4v) is 2.90. The van der Waals surface area contributed by atoms with Crippen LogP contribution >= 0.6 is 0 Å². The van der Waals surface area contributed by atoms with E-state index in [2.05, 4.69) is 80.8 Å². The summed E-state index contributed by atoms with van der Waals surface area (Å²) in [6.07, 6.45) is 0.921. The maximum absolute atomic E-state index is 4.23. The lowest BCUT2D eigenvalue weighted by molar-refractivity contribution is 0.459. The first-order chi connectivity index (χ1) is 12.5.